The van der Waals surface area contributed by atoms with E-state index in [2.05, 4.69) is 19.9 Å². The van der Waals surface area contributed by atoms with Crippen molar-refractivity contribution in [2.75, 3.05) is 13.7 Å². The van der Waals surface area contributed by atoms with E-state index in [1.165, 1.54) is 0 Å². The molecule has 0 aliphatic heterocycles. The highest BCUT2D eigenvalue weighted by Crippen LogP contribution is 2.48. The highest BCUT2D eigenvalue weighted by Gasteiger charge is 2.51. The van der Waals surface area contributed by atoms with Crippen molar-refractivity contribution in [3.63, 3.8) is 0 Å². The van der Waals surface area contributed by atoms with Crippen molar-refractivity contribution in [2.24, 2.45) is 0 Å². The van der Waals surface area contributed by atoms with Gasteiger partial charge in [-0.3, -0.25) is 9.78 Å². The molecule has 2 aromatic heterocycles. The maximum absolute atomic E-state index is 12.9. The molecule has 4 rings (SSSR count). The highest BCUT2D eigenvalue weighted by molar-refractivity contribution is 5.91. The number of nitrogens with zero attached hydrogens (tertiary/aromatic N) is 3. The molecule has 0 atom stereocenters. The largest absolute Gasteiger partial charge is 0.497 e. The van der Waals surface area contributed by atoms with E-state index in [9.17, 15) is 4.79 Å². The van der Waals surface area contributed by atoms with Crippen LogP contribution in [0.25, 0.3) is 11.4 Å². The van der Waals surface area contributed by atoms with Crippen LogP contribution in [0.15, 0.2) is 55.0 Å². The molecule has 0 saturated heterocycles. The molecule has 28 heavy (non-hydrogen) atoms. The van der Waals surface area contributed by atoms with E-state index in [1.54, 1.807) is 19.5 Å². The van der Waals surface area contributed by atoms with Crippen LogP contribution >= 0.6 is 0 Å². The third kappa shape index (κ3) is 3.38. The van der Waals surface area contributed by atoms with Gasteiger partial charge in [0, 0.05) is 42.9 Å². The standard InChI is InChI=1S/C22H24N4O2/c1-16-15-25-20(17-7-11-23-12-8-17)26(16)14-13-24-21(27)22(9-10-22)18-3-5-19(28-2)6-4-18/h3-8,11-12,15H,9-10,13-14H2,1-2H3,(H,24,27). The number of rotatable bonds is 7. The first-order valence-electron chi connectivity index (χ1n) is 9.49. The predicted octanol–water partition coefficient (Wildman–Crippen LogP) is 3.11. The lowest BCUT2D eigenvalue weighted by Gasteiger charge is -2.17. The van der Waals surface area contributed by atoms with E-state index < -0.39 is 0 Å². The molecule has 6 nitrogen and oxygen atoms in total. The van der Waals surface area contributed by atoms with E-state index in [1.807, 2.05) is 49.5 Å². The second kappa shape index (κ2) is 7.46. The zero-order valence-corrected chi connectivity index (χ0v) is 16.2. The van der Waals surface area contributed by atoms with Crippen molar-refractivity contribution < 1.29 is 9.53 Å². The maximum atomic E-state index is 12.9. The van der Waals surface area contributed by atoms with Crippen molar-refractivity contribution in [2.45, 2.75) is 31.7 Å². The molecule has 0 unspecified atom stereocenters. The molecule has 1 N–H and O–H groups in total. The van der Waals surface area contributed by atoms with Crippen molar-refractivity contribution in [1.82, 2.24) is 19.9 Å². The molecule has 1 aromatic carbocycles. The average Bonchev–Trinajstić information content (AvgIpc) is 3.48. The summed E-state index contributed by atoms with van der Waals surface area (Å²) in [6.07, 6.45) is 7.15. The summed E-state index contributed by atoms with van der Waals surface area (Å²) in [5, 5.41) is 3.13. The van der Waals surface area contributed by atoms with Gasteiger partial charge in [-0.25, -0.2) is 4.98 Å². The molecule has 1 amide bonds. The van der Waals surface area contributed by atoms with E-state index in [-0.39, 0.29) is 11.3 Å². The fraction of sp³-hybridized carbons (Fsp3) is 0.318. The quantitative estimate of drug-likeness (QED) is 0.688. The molecule has 0 radical (unpaired) electrons. The third-order valence-electron chi connectivity index (χ3n) is 5.44. The molecule has 144 valence electrons. The summed E-state index contributed by atoms with van der Waals surface area (Å²) < 4.78 is 7.34. The Morgan fingerprint density at radius 3 is 2.54 bits per heavy atom. The number of aryl methyl sites for hydroxylation is 1. The summed E-state index contributed by atoms with van der Waals surface area (Å²) >= 11 is 0. The molecule has 1 saturated carbocycles. The molecular formula is C22H24N4O2. The van der Waals surface area contributed by atoms with Crippen molar-refractivity contribution in [3.05, 3.63) is 66.2 Å². The van der Waals surface area contributed by atoms with Crippen LogP contribution in [0.2, 0.25) is 0 Å². The minimum atomic E-state index is -0.385. The van der Waals surface area contributed by atoms with Crippen LogP contribution in [-0.2, 0) is 16.8 Å². The van der Waals surface area contributed by atoms with Gasteiger partial charge in [-0.1, -0.05) is 12.1 Å². The number of hydrogen-bond acceptors (Lipinski definition) is 4. The summed E-state index contributed by atoms with van der Waals surface area (Å²) in [7, 11) is 1.65. The van der Waals surface area contributed by atoms with Gasteiger partial charge in [-0.15, -0.1) is 0 Å². The minimum Gasteiger partial charge on any atom is -0.497 e. The Morgan fingerprint density at radius 1 is 1.18 bits per heavy atom. The van der Waals surface area contributed by atoms with Gasteiger partial charge in [0.15, 0.2) is 0 Å². The summed E-state index contributed by atoms with van der Waals surface area (Å²) in [6.45, 7) is 3.26. The minimum absolute atomic E-state index is 0.0981. The van der Waals surface area contributed by atoms with Gasteiger partial charge in [0.25, 0.3) is 0 Å². The molecule has 1 aliphatic carbocycles. The van der Waals surface area contributed by atoms with Gasteiger partial charge in [-0.2, -0.15) is 0 Å². The lowest BCUT2D eigenvalue weighted by atomic mass is 9.95. The zero-order chi connectivity index (χ0) is 19.6. The second-order valence-corrected chi connectivity index (χ2v) is 7.18. The van der Waals surface area contributed by atoms with E-state index in [0.29, 0.717) is 13.1 Å². The summed E-state index contributed by atoms with van der Waals surface area (Å²) in [6, 6.07) is 11.7. The van der Waals surface area contributed by atoms with Gasteiger partial charge in [0.05, 0.1) is 12.5 Å². The lowest BCUT2D eigenvalue weighted by Crippen LogP contribution is -2.36. The fourth-order valence-electron chi connectivity index (χ4n) is 3.61. The maximum Gasteiger partial charge on any atom is 0.230 e. The van der Waals surface area contributed by atoms with Crippen LogP contribution in [0.4, 0.5) is 0 Å². The smallest absolute Gasteiger partial charge is 0.230 e. The molecule has 3 aromatic rings. The van der Waals surface area contributed by atoms with Crippen molar-refractivity contribution >= 4 is 5.91 Å². The first kappa shape index (κ1) is 18.2. The number of pyridine rings is 1. The second-order valence-electron chi connectivity index (χ2n) is 7.18. The van der Waals surface area contributed by atoms with Crippen LogP contribution in [0.3, 0.4) is 0 Å². The topological polar surface area (TPSA) is 69.0 Å². The molecule has 0 spiro atoms. The fourth-order valence-corrected chi connectivity index (χ4v) is 3.61. The van der Waals surface area contributed by atoms with E-state index in [0.717, 1.165) is 41.2 Å². The van der Waals surface area contributed by atoms with Crippen LogP contribution < -0.4 is 10.1 Å². The normalized spacial score (nSPS) is 14.5. The van der Waals surface area contributed by atoms with Gasteiger partial charge >= 0.3 is 0 Å². The van der Waals surface area contributed by atoms with Gasteiger partial charge in [0.2, 0.25) is 5.91 Å². The van der Waals surface area contributed by atoms with Crippen LogP contribution in [0.5, 0.6) is 5.75 Å². The highest BCUT2D eigenvalue weighted by atomic mass is 16.5. The van der Waals surface area contributed by atoms with Gasteiger partial charge in [-0.05, 0) is 49.6 Å². The number of ether oxygens (including phenoxy) is 1. The summed E-state index contributed by atoms with van der Waals surface area (Å²) in [4.78, 5) is 21.5. The van der Waals surface area contributed by atoms with Gasteiger partial charge < -0.3 is 14.6 Å². The number of benzene rings is 1. The Hall–Kier alpha value is -3.15. The predicted molar refractivity (Wildman–Crippen MR) is 107 cm³/mol. The number of aromatic nitrogens is 3. The molecule has 1 fully saturated rings. The number of hydrogen-bond donors (Lipinski definition) is 1. The SMILES string of the molecule is COc1ccc(C2(C(=O)NCCn3c(C)cnc3-c3ccncc3)CC2)cc1. The Balaban J connectivity index is 1.42. The van der Waals surface area contributed by atoms with Crippen molar-refractivity contribution in [3.8, 4) is 17.1 Å². The third-order valence-corrected chi connectivity index (χ3v) is 5.44. The van der Waals surface area contributed by atoms with E-state index in [4.69, 9.17) is 4.74 Å². The number of carbonyl (C=O) groups is 1. The number of nitrogens with one attached hydrogen (secondary N) is 1. The molecule has 1 aliphatic rings. The first-order valence-corrected chi connectivity index (χ1v) is 9.49. The average molecular weight is 376 g/mol. The Kier molecular flexibility index (Phi) is 4.86. The Labute approximate surface area is 164 Å². The van der Waals surface area contributed by atoms with E-state index >= 15 is 0 Å². The van der Waals surface area contributed by atoms with Crippen LogP contribution in [0.1, 0.15) is 24.1 Å². The first-order chi connectivity index (χ1) is 13.6. The van der Waals surface area contributed by atoms with Gasteiger partial charge in [0.1, 0.15) is 11.6 Å². The van der Waals surface area contributed by atoms with Crippen LogP contribution in [-0.4, -0.2) is 34.1 Å². The monoisotopic (exact) mass is 376 g/mol. The summed E-state index contributed by atoms with van der Waals surface area (Å²) in [5.41, 5.74) is 2.76. The molecule has 2 heterocycles. The molecular weight excluding hydrogens is 352 g/mol. The number of imidazole rings is 1. The Morgan fingerprint density at radius 2 is 1.89 bits per heavy atom. The number of methoxy groups -OCH3 is 1. The number of amides is 1. The number of carbonyl (C=O) groups excluding carboxylic acids is 1. The molecule has 6 heteroatoms. The van der Waals surface area contributed by atoms with Crippen molar-refractivity contribution in [1.29, 1.82) is 0 Å². The lowest BCUT2D eigenvalue weighted by molar-refractivity contribution is -0.123. The van der Waals surface area contributed by atoms with Crippen LogP contribution in [0, 0.1) is 6.92 Å². The Bertz CT molecular complexity index is 960. The zero-order valence-electron chi connectivity index (χ0n) is 16.2. The molecule has 0 bridgehead atoms. The summed E-state index contributed by atoms with van der Waals surface area (Å²) in [5.74, 6) is 1.80.